The zero-order chi connectivity index (χ0) is 13.9. The van der Waals surface area contributed by atoms with Gasteiger partial charge in [0.05, 0.1) is 13.2 Å². The summed E-state index contributed by atoms with van der Waals surface area (Å²) in [5.74, 6) is 0.532. The van der Waals surface area contributed by atoms with Crippen LogP contribution in [0, 0.1) is 5.92 Å². The average Bonchev–Trinajstić information content (AvgIpc) is 2.92. The van der Waals surface area contributed by atoms with Crippen LogP contribution in [0.3, 0.4) is 0 Å². The molecule has 0 aromatic heterocycles. The van der Waals surface area contributed by atoms with E-state index >= 15 is 0 Å². The molecule has 0 radical (unpaired) electrons. The third kappa shape index (κ3) is 3.15. The van der Waals surface area contributed by atoms with Crippen LogP contribution >= 0.6 is 11.6 Å². The Bertz CT molecular complexity index is 503. The Morgan fingerprint density at radius 1 is 1.30 bits per heavy atom. The van der Waals surface area contributed by atoms with Gasteiger partial charge in [0.15, 0.2) is 0 Å². The Balaban J connectivity index is 1.56. The second kappa shape index (κ2) is 6.15. The molecule has 1 fully saturated rings. The van der Waals surface area contributed by atoms with E-state index in [0.717, 1.165) is 30.5 Å². The summed E-state index contributed by atoms with van der Waals surface area (Å²) >= 11 is 6.18. The summed E-state index contributed by atoms with van der Waals surface area (Å²) < 4.78 is 5.37. The maximum absolute atomic E-state index is 12.2. The number of nitrogens with one attached hydrogen (secondary N) is 1. The van der Waals surface area contributed by atoms with Gasteiger partial charge in [-0.25, -0.2) is 0 Å². The Morgan fingerprint density at radius 3 is 3.00 bits per heavy atom. The van der Waals surface area contributed by atoms with Gasteiger partial charge in [-0.1, -0.05) is 12.5 Å². The van der Waals surface area contributed by atoms with E-state index in [9.17, 15) is 4.79 Å². The molecule has 3 rings (SSSR count). The molecule has 1 aromatic rings. The number of alkyl halides is 1. The van der Waals surface area contributed by atoms with Gasteiger partial charge in [-0.05, 0) is 48.4 Å². The molecule has 1 aliphatic carbocycles. The minimum Gasteiger partial charge on any atom is -0.372 e. The molecule has 0 bridgehead atoms. The Morgan fingerprint density at radius 2 is 2.15 bits per heavy atom. The number of carbonyl (C=O) groups is 1. The van der Waals surface area contributed by atoms with Crippen molar-refractivity contribution in [3.05, 3.63) is 34.9 Å². The fraction of sp³-hybridized carbons (Fsp3) is 0.562. The molecule has 2 aliphatic rings. The van der Waals surface area contributed by atoms with E-state index in [1.807, 2.05) is 18.2 Å². The van der Waals surface area contributed by atoms with Crippen LogP contribution in [0.4, 0.5) is 0 Å². The lowest BCUT2D eigenvalue weighted by Gasteiger charge is -2.25. The summed E-state index contributed by atoms with van der Waals surface area (Å²) in [5, 5.41) is 3.32. The number of fused-ring (bicyclic) bond motifs is 1. The second-order valence-corrected chi connectivity index (χ2v) is 6.43. The number of amides is 1. The van der Waals surface area contributed by atoms with Gasteiger partial charge >= 0.3 is 0 Å². The van der Waals surface area contributed by atoms with E-state index < -0.39 is 0 Å². The molecule has 1 heterocycles. The van der Waals surface area contributed by atoms with Crippen LogP contribution in [0.25, 0.3) is 0 Å². The maximum Gasteiger partial charge on any atom is 0.251 e. The molecular weight excluding hydrogens is 274 g/mol. The number of carbonyl (C=O) groups excluding carboxylic acids is 1. The predicted octanol–water partition coefficient (Wildman–Crippen LogP) is 3.24. The molecule has 2 atom stereocenters. The Kier molecular flexibility index (Phi) is 4.27. The fourth-order valence-corrected chi connectivity index (χ4v) is 3.47. The standard InChI is InChI=1S/C16H20ClNO2/c17-15-3-1-2-11(6-15)8-18-16(19)12-4-5-13-9-20-10-14(13)7-12/h4-5,7,11,15H,1-3,6,8-10H2,(H,18,19). The lowest BCUT2D eigenvalue weighted by Crippen LogP contribution is -2.32. The maximum atomic E-state index is 12.2. The monoisotopic (exact) mass is 293 g/mol. The summed E-state index contributed by atoms with van der Waals surface area (Å²) in [6.07, 6.45) is 4.46. The molecule has 1 saturated carbocycles. The summed E-state index contributed by atoms with van der Waals surface area (Å²) in [7, 11) is 0. The first-order chi connectivity index (χ1) is 9.72. The van der Waals surface area contributed by atoms with Gasteiger partial charge in [0.2, 0.25) is 0 Å². The molecule has 1 amide bonds. The summed E-state index contributed by atoms with van der Waals surface area (Å²) in [4.78, 5) is 12.2. The zero-order valence-electron chi connectivity index (χ0n) is 11.5. The van der Waals surface area contributed by atoms with E-state index in [2.05, 4.69) is 5.32 Å². The molecule has 2 unspecified atom stereocenters. The Labute approximate surface area is 124 Å². The van der Waals surface area contributed by atoms with Crippen LogP contribution in [-0.2, 0) is 18.0 Å². The van der Waals surface area contributed by atoms with Crippen molar-refractivity contribution in [3.8, 4) is 0 Å². The van der Waals surface area contributed by atoms with E-state index in [-0.39, 0.29) is 11.3 Å². The molecule has 4 heteroatoms. The van der Waals surface area contributed by atoms with Crippen LogP contribution in [0.15, 0.2) is 18.2 Å². The van der Waals surface area contributed by atoms with Crippen molar-refractivity contribution in [1.82, 2.24) is 5.32 Å². The lowest BCUT2D eigenvalue weighted by molar-refractivity contribution is 0.0943. The minimum absolute atomic E-state index is 0.0106. The van der Waals surface area contributed by atoms with Crippen LogP contribution in [0.1, 0.15) is 47.2 Å². The second-order valence-electron chi connectivity index (χ2n) is 5.82. The number of rotatable bonds is 3. The van der Waals surface area contributed by atoms with Gasteiger partial charge in [0.1, 0.15) is 0 Å². The highest BCUT2D eigenvalue weighted by Gasteiger charge is 2.21. The first kappa shape index (κ1) is 13.9. The number of halogens is 1. The van der Waals surface area contributed by atoms with Crippen molar-refractivity contribution in [2.75, 3.05) is 6.54 Å². The van der Waals surface area contributed by atoms with Gasteiger partial charge in [-0.2, -0.15) is 0 Å². The molecule has 3 nitrogen and oxygen atoms in total. The number of hydrogen-bond acceptors (Lipinski definition) is 2. The van der Waals surface area contributed by atoms with E-state index in [1.165, 1.54) is 18.4 Å². The molecule has 1 aromatic carbocycles. The van der Waals surface area contributed by atoms with Gasteiger partial charge < -0.3 is 10.1 Å². The lowest BCUT2D eigenvalue weighted by atomic mass is 9.89. The third-order valence-electron chi connectivity index (χ3n) is 4.25. The van der Waals surface area contributed by atoms with Crippen LogP contribution in [0.2, 0.25) is 0 Å². The van der Waals surface area contributed by atoms with Crippen LogP contribution in [-0.4, -0.2) is 17.8 Å². The Hall–Kier alpha value is -1.06. The summed E-state index contributed by atoms with van der Waals surface area (Å²) in [6.45, 7) is 2.01. The van der Waals surface area contributed by atoms with Crippen molar-refractivity contribution in [3.63, 3.8) is 0 Å². The minimum atomic E-state index is 0.0106. The van der Waals surface area contributed by atoms with Crippen LogP contribution in [0.5, 0.6) is 0 Å². The van der Waals surface area contributed by atoms with Crippen molar-refractivity contribution in [2.45, 2.75) is 44.3 Å². The molecule has 1 N–H and O–H groups in total. The smallest absolute Gasteiger partial charge is 0.251 e. The molecule has 108 valence electrons. The normalized spacial score (nSPS) is 25.2. The molecule has 1 aliphatic heterocycles. The molecular formula is C16H20ClNO2. The first-order valence-corrected chi connectivity index (χ1v) is 7.78. The van der Waals surface area contributed by atoms with E-state index in [0.29, 0.717) is 19.1 Å². The van der Waals surface area contributed by atoms with Gasteiger partial charge in [0, 0.05) is 17.5 Å². The van der Waals surface area contributed by atoms with Crippen molar-refractivity contribution < 1.29 is 9.53 Å². The SMILES string of the molecule is O=C(NCC1CCCC(Cl)C1)c1ccc2c(c1)COC2. The average molecular weight is 294 g/mol. The van der Waals surface area contributed by atoms with E-state index in [1.54, 1.807) is 0 Å². The highest BCUT2D eigenvalue weighted by Crippen LogP contribution is 2.27. The first-order valence-electron chi connectivity index (χ1n) is 7.34. The highest BCUT2D eigenvalue weighted by molar-refractivity contribution is 6.20. The van der Waals surface area contributed by atoms with Crippen molar-refractivity contribution in [2.24, 2.45) is 5.92 Å². The van der Waals surface area contributed by atoms with Gasteiger partial charge in [-0.15, -0.1) is 11.6 Å². The van der Waals surface area contributed by atoms with Crippen LogP contribution < -0.4 is 5.32 Å². The number of hydrogen-bond donors (Lipinski definition) is 1. The third-order valence-corrected chi connectivity index (χ3v) is 4.65. The summed E-state index contributed by atoms with van der Waals surface area (Å²) in [5.41, 5.74) is 3.06. The summed E-state index contributed by atoms with van der Waals surface area (Å²) in [6, 6.07) is 5.82. The van der Waals surface area contributed by atoms with Gasteiger partial charge in [-0.3, -0.25) is 4.79 Å². The topological polar surface area (TPSA) is 38.3 Å². The largest absolute Gasteiger partial charge is 0.372 e. The van der Waals surface area contributed by atoms with Crippen molar-refractivity contribution in [1.29, 1.82) is 0 Å². The molecule has 20 heavy (non-hydrogen) atoms. The number of ether oxygens (including phenoxy) is 1. The van der Waals surface area contributed by atoms with Crippen molar-refractivity contribution >= 4 is 17.5 Å². The number of benzene rings is 1. The molecule has 0 saturated heterocycles. The predicted molar refractivity (Wildman–Crippen MR) is 78.9 cm³/mol. The molecule has 0 spiro atoms. The van der Waals surface area contributed by atoms with E-state index in [4.69, 9.17) is 16.3 Å². The quantitative estimate of drug-likeness (QED) is 0.869. The van der Waals surface area contributed by atoms with Gasteiger partial charge in [0.25, 0.3) is 5.91 Å². The highest BCUT2D eigenvalue weighted by atomic mass is 35.5. The fourth-order valence-electron chi connectivity index (χ4n) is 3.06. The zero-order valence-corrected chi connectivity index (χ0v) is 12.3.